The van der Waals surface area contributed by atoms with Crippen LogP contribution in [0.3, 0.4) is 0 Å². The van der Waals surface area contributed by atoms with Gasteiger partial charge < -0.3 is 15.2 Å². The van der Waals surface area contributed by atoms with Gasteiger partial charge in [0, 0.05) is 6.04 Å². The molecule has 1 unspecified atom stereocenters. The molecule has 1 atom stereocenters. The zero-order valence-corrected chi connectivity index (χ0v) is 14.5. The van der Waals surface area contributed by atoms with Crippen molar-refractivity contribution < 1.29 is 19.4 Å². The number of hydrogen-bond donors (Lipinski definition) is 2. The summed E-state index contributed by atoms with van der Waals surface area (Å²) in [5.41, 5.74) is 2.08. The van der Waals surface area contributed by atoms with Crippen molar-refractivity contribution in [3.8, 4) is 5.75 Å². The fraction of sp³-hybridized carbons (Fsp3) is 0.300. The normalized spacial score (nSPS) is 11.6. The molecule has 0 aliphatic heterocycles. The van der Waals surface area contributed by atoms with Crippen molar-refractivity contribution in [2.45, 2.75) is 32.2 Å². The second-order valence-electron chi connectivity index (χ2n) is 6.04. The van der Waals surface area contributed by atoms with E-state index in [2.05, 4.69) is 5.32 Å². The van der Waals surface area contributed by atoms with E-state index in [1.54, 1.807) is 19.2 Å². The van der Waals surface area contributed by atoms with Crippen LogP contribution in [0.15, 0.2) is 48.5 Å². The summed E-state index contributed by atoms with van der Waals surface area (Å²) in [6, 6.07) is 14.4. The van der Waals surface area contributed by atoms with E-state index in [1.165, 1.54) is 17.7 Å². The van der Waals surface area contributed by atoms with E-state index in [0.717, 1.165) is 18.6 Å². The van der Waals surface area contributed by atoms with Gasteiger partial charge in [0.15, 0.2) is 0 Å². The summed E-state index contributed by atoms with van der Waals surface area (Å²) in [4.78, 5) is 23.1. The number of carboxylic acid groups (broad SMARTS) is 1. The third-order valence-electron chi connectivity index (χ3n) is 3.97. The number of hydrogen-bond acceptors (Lipinski definition) is 3. The molecule has 0 aliphatic rings. The van der Waals surface area contributed by atoms with E-state index in [9.17, 15) is 9.59 Å². The lowest BCUT2D eigenvalue weighted by molar-refractivity contribution is -0.121. The van der Waals surface area contributed by atoms with Gasteiger partial charge >= 0.3 is 5.97 Å². The Hall–Kier alpha value is -2.82. The molecule has 5 nitrogen and oxygen atoms in total. The van der Waals surface area contributed by atoms with Crippen molar-refractivity contribution in [1.29, 1.82) is 0 Å². The number of nitrogens with one attached hydrogen (secondary N) is 1. The van der Waals surface area contributed by atoms with Gasteiger partial charge in [0.25, 0.3) is 0 Å². The molecular weight excluding hydrogens is 318 g/mol. The average Bonchev–Trinajstić information content (AvgIpc) is 2.60. The third-order valence-corrected chi connectivity index (χ3v) is 3.97. The second kappa shape index (κ2) is 8.87. The number of ether oxygens (including phenoxy) is 1. The minimum atomic E-state index is -0.991. The zero-order chi connectivity index (χ0) is 18.2. The van der Waals surface area contributed by atoms with Gasteiger partial charge in [0.1, 0.15) is 5.75 Å². The van der Waals surface area contributed by atoms with E-state index in [-0.39, 0.29) is 23.9 Å². The number of carboxylic acids is 1. The van der Waals surface area contributed by atoms with E-state index >= 15 is 0 Å². The molecule has 2 N–H and O–H groups in total. The predicted molar refractivity (Wildman–Crippen MR) is 96.0 cm³/mol. The average molecular weight is 341 g/mol. The Morgan fingerprint density at radius 1 is 1.12 bits per heavy atom. The molecule has 132 valence electrons. The molecule has 0 aliphatic carbocycles. The fourth-order valence-electron chi connectivity index (χ4n) is 2.57. The van der Waals surface area contributed by atoms with Crippen LogP contribution in [0.2, 0.25) is 0 Å². The van der Waals surface area contributed by atoms with Crippen LogP contribution >= 0.6 is 0 Å². The summed E-state index contributed by atoms with van der Waals surface area (Å²) in [6.07, 6.45) is 1.86. The summed E-state index contributed by atoms with van der Waals surface area (Å²) in [5, 5.41) is 12.0. The minimum absolute atomic E-state index is 0.0391. The Labute approximate surface area is 147 Å². The molecule has 0 heterocycles. The van der Waals surface area contributed by atoms with Gasteiger partial charge in [-0.3, -0.25) is 4.79 Å². The summed E-state index contributed by atoms with van der Waals surface area (Å²) < 4.78 is 5.13. The highest BCUT2D eigenvalue weighted by molar-refractivity contribution is 5.88. The number of aryl methyl sites for hydroxylation is 1. The van der Waals surface area contributed by atoms with Gasteiger partial charge in [-0.25, -0.2) is 4.79 Å². The summed E-state index contributed by atoms with van der Waals surface area (Å²) in [7, 11) is 1.64. The lowest BCUT2D eigenvalue weighted by Gasteiger charge is -2.14. The molecular formula is C20H23NO4. The molecule has 0 radical (unpaired) electrons. The molecule has 0 saturated heterocycles. The maximum Gasteiger partial charge on any atom is 0.335 e. The standard InChI is InChI=1S/C20H23NO4/c1-14(6-7-15-8-10-18(25-2)11-9-15)21-19(22)13-16-4-3-5-17(12-16)20(23)24/h3-5,8-12,14H,6-7,13H2,1-2H3,(H,21,22)(H,23,24). The quantitative estimate of drug-likeness (QED) is 0.774. The molecule has 0 bridgehead atoms. The number of carbonyl (C=O) groups excluding carboxylic acids is 1. The van der Waals surface area contributed by atoms with Crippen molar-refractivity contribution in [1.82, 2.24) is 5.32 Å². The number of benzene rings is 2. The van der Waals surface area contributed by atoms with Crippen molar-refractivity contribution in [3.05, 3.63) is 65.2 Å². The molecule has 2 rings (SSSR count). The molecule has 25 heavy (non-hydrogen) atoms. The largest absolute Gasteiger partial charge is 0.497 e. The van der Waals surface area contributed by atoms with Crippen LogP contribution in [0.25, 0.3) is 0 Å². The number of aromatic carboxylic acids is 1. The van der Waals surface area contributed by atoms with Crippen LogP contribution < -0.4 is 10.1 Å². The SMILES string of the molecule is COc1ccc(CCC(C)NC(=O)Cc2cccc(C(=O)O)c2)cc1. The second-order valence-corrected chi connectivity index (χ2v) is 6.04. The molecule has 1 amide bonds. The highest BCUT2D eigenvalue weighted by atomic mass is 16.5. The maximum atomic E-state index is 12.1. The number of amides is 1. The predicted octanol–water partition coefficient (Wildman–Crippen LogP) is 3.07. The van der Waals surface area contributed by atoms with Crippen molar-refractivity contribution in [3.63, 3.8) is 0 Å². The first-order chi connectivity index (χ1) is 12.0. The Morgan fingerprint density at radius 3 is 2.48 bits per heavy atom. The molecule has 2 aromatic carbocycles. The first-order valence-corrected chi connectivity index (χ1v) is 8.22. The van der Waals surface area contributed by atoms with Crippen LogP contribution in [0.4, 0.5) is 0 Å². The topological polar surface area (TPSA) is 75.6 Å². The molecule has 0 saturated carbocycles. The Bertz CT molecular complexity index is 725. The van der Waals surface area contributed by atoms with Gasteiger partial charge in [-0.15, -0.1) is 0 Å². The molecule has 5 heteroatoms. The smallest absolute Gasteiger partial charge is 0.335 e. The van der Waals surface area contributed by atoms with Gasteiger partial charge in [-0.2, -0.15) is 0 Å². The summed E-state index contributed by atoms with van der Waals surface area (Å²) in [5.74, 6) is -0.270. The van der Waals surface area contributed by atoms with Crippen LogP contribution in [-0.2, 0) is 17.6 Å². The van der Waals surface area contributed by atoms with Crippen LogP contribution in [0.1, 0.15) is 34.8 Å². The highest BCUT2D eigenvalue weighted by Crippen LogP contribution is 2.13. The molecule has 0 fully saturated rings. The summed E-state index contributed by atoms with van der Waals surface area (Å²) in [6.45, 7) is 1.97. The van der Waals surface area contributed by atoms with E-state index < -0.39 is 5.97 Å². The number of carbonyl (C=O) groups is 2. The van der Waals surface area contributed by atoms with Crippen molar-refractivity contribution >= 4 is 11.9 Å². The van der Waals surface area contributed by atoms with E-state index in [0.29, 0.717) is 5.56 Å². The first kappa shape index (κ1) is 18.5. The monoisotopic (exact) mass is 341 g/mol. The minimum Gasteiger partial charge on any atom is -0.497 e. The zero-order valence-electron chi connectivity index (χ0n) is 14.5. The molecule has 0 spiro atoms. The number of methoxy groups -OCH3 is 1. The van der Waals surface area contributed by atoms with Gasteiger partial charge in [-0.1, -0.05) is 24.3 Å². The Morgan fingerprint density at radius 2 is 1.84 bits per heavy atom. The van der Waals surface area contributed by atoms with Crippen LogP contribution in [-0.4, -0.2) is 30.1 Å². The fourth-order valence-corrected chi connectivity index (χ4v) is 2.57. The lowest BCUT2D eigenvalue weighted by Crippen LogP contribution is -2.34. The lowest BCUT2D eigenvalue weighted by atomic mass is 10.0. The van der Waals surface area contributed by atoms with E-state index in [4.69, 9.17) is 9.84 Å². The van der Waals surface area contributed by atoms with Crippen LogP contribution in [0.5, 0.6) is 5.75 Å². The Balaban J connectivity index is 1.81. The van der Waals surface area contributed by atoms with Crippen molar-refractivity contribution in [2.75, 3.05) is 7.11 Å². The maximum absolute atomic E-state index is 12.1. The third kappa shape index (κ3) is 5.95. The van der Waals surface area contributed by atoms with Gasteiger partial charge in [0.2, 0.25) is 5.91 Å². The van der Waals surface area contributed by atoms with Gasteiger partial charge in [-0.05, 0) is 55.2 Å². The molecule has 2 aromatic rings. The number of rotatable bonds is 8. The van der Waals surface area contributed by atoms with E-state index in [1.807, 2.05) is 31.2 Å². The molecule has 0 aromatic heterocycles. The Kier molecular flexibility index (Phi) is 6.57. The van der Waals surface area contributed by atoms with Gasteiger partial charge in [0.05, 0.1) is 19.1 Å². The summed E-state index contributed by atoms with van der Waals surface area (Å²) >= 11 is 0. The van der Waals surface area contributed by atoms with Crippen LogP contribution in [0, 0.1) is 0 Å². The van der Waals surface area contributed by atoms with Crippen molar-refractivity contribution in [2.24, 2.45) is 0 Å². The first-order valence-electron chi connectivity index (χ1n) is 8.22. The highest BCUT2D eigenvalue weighted by Gasteiger charge is 2.10.